The van der Waals surface area contributed by atoms with Crippen LogP contribution < -0.4 is 5.32 Å². The van der Waals surface area contributed by atoms with Crippen molar-refractivity contribution >= 4 is 0 Å². The fourth-order valence-corrected chi connectivity index (χ4v) is 3.62. The summed E-state index contributed by atoms with van der Waals surface area (Å²) >= 11 is 0. The Hall–Kier alpha value is -0.930. The van der Waals surface area contributed by atoms with E-state index in [2.05, 4.69) is 17.3 Å². The summed E-state index contributed by atoms with van der Waals surface area (Å²) in [5.41, 5.74) is 2.30. The lowest BCUT2D eigenvalue weighted by Crippen LogP contribution is -2.46. The number of nitrogens with zero attached hydrogens (tertiary/aromatic N) is 1. The topological polar surface area (TPSA) is 15.3 Å². The Kier molecular flexibility index (Phi) is 3.59. The number of piperidine rings is 1. The summed E-state index contributed by atoms with van der Waals surface area (Å²) in [6, 6.07) is 7.25. The van der Waals surface area contributed by atoms with Gasteiger partial charge in [0.15, 0.2) is 0 Å². The van der Waals surface area contributed by atoms with Gasteiger partial charge in [-0.1, -0.05) is 6.07 Å². The van der Waals surface area contributed by atoms with Gasteiger partial charge in [-0.3, -0.25) is 4.90 Å². The molecular weight excluding hydrogens is 239 g/mol. The fourth-order valence-electron chi connectivity index (χ4n) is 3.62. The smallest absolute Gasteiger partial charge is 0.123 e. The zero-order valence-electron chi connectivity index (χ0n) is 11.8. The molecule has 2 bridgehead atoms. The maximum Gasteiger partial charge on any atom is 0.123 e. The van der Waals surface area contributed by atoms with E-state index in [4.69, 9.17) is 0 Å². The normalized spacial score (nSPS) is 30.0. The lowest BCUT2D eigenvalue weighted by molar-refractivity contribution is 0.165. The van der Waals surface area contributed by atoms with Gasteiger partial charge in [0.05, 0.1) is 0 Å². The van der Waals surface area contributed by atoms with Crippen molar-refractivity contribution < 1.29 is 4.39 Å². The highest BCUT2D eigenvalue weighted by molar-refractivity contribution is 5.26. The summed E-state index contributed by atoms with van der Waals surface area (Å²) in [5.74, 6) is -0.135. The van der Waals surface area contributed by atoms with Gasteiger partial charge in [-0.2, -0.15) is 0 Å². The molecule has 2 aliphatic heterocycles. The third kappa shape index (κ3) is 2.82. The minimum atomic E-state index is -0.135. The number of fused-ring (bicyclic) bond motifs is 2. The van der Waals surface area contributed by atoms with Crippen LogP contribution in [0.3, 0.4) is 0 Å². The molecule has 1 aromatic carbocycles. The Labute approximate surface area is 115 Å². The van der Waals surface area contributed by atoms with E-state index in [1.807, 2.05) is 13.0 Å². The van der Waals surface area contributed by atoms with E-state index in [1.54, 1.807) is 12.1 Å². The van der Waals surface area contributed by atoms with E-state index in [0.29, 0.717) is 6.04 Å². The van der Waals surface area contributed by atoms with Crippen LogP contribution in [0.5, 0.6) is 0 Å². The molecule has 104 valence electrons. The molecule has 0 saturated carbocycles. The monoisotopic (exact) mass is 262 g/mol. The molecule has 2 heterocycles. The number of nitrogens with one attached hydrogen (secondary N) is 1. The van der Waals surface area contributed by atoms with Crippen molar-refractivity contribution in [1.82, 2.24) is 10.2 Å². The number of halogens is 1. The van der Waals surface area contributed by atoms with Crippen molar-refractivity contribution in [2.75, 3.05) is 7.05 Å². The van der Waals surface area contributed by atoms with Gasteiger partial charge in [0.2, 0.25) is 0 Å². The van der Waals surface area contributed by atoms with Crippen molar-refractivity contribution in [3.05, 3.63) is 35.1 Å². The third-order valence-corrected chi connectivity index (χ3v) is 4.80. The van der Waals surface area contributed by atoms with Crippen LogP contribution in [0.15, 0.2) is 18.2 Å². The molecule has 19 heavy (non-hydrogen) atoms. The van der Waals surface area contributed by atoms with Crippen LogP contribution in [0.4, 0.5) is 4.39 Å². The van der Waals surface area contributed by atoms with Crippen LogP contribution in [0.25, 0.3) is 0 Å². The number of hydrogen-bond acceptors (Lipinski definition) is 2. The Morgan fingerprint density at radius 1 is 1.26 bits per heavy atom. The first-order valence-corrected chi connectivity index (χ1v) is 7.33. The molecule has 0 radical (unpaired) electrons. The first kappa shape index (κ1) is 13.1. The van der Waals surface area contributed by atoms with Crippen LogP contribution in [0.1, 0.15) is 36.8 Å². The summed E-state index contributed by atoms with van der Waals surface area (Å²) in [6.07, 6.45) is 5.19. The maximum atomic E-state index is 13.1. The SMILES string of the molecule is Cc1cc(F)ccc1CN(C)C1CC2CCC(C1)N2. The van der Waals surface area contributed by atoms with Crippen LogP contribution in [0, 0.1) is 12.7 Å². The first-order valence-electron chi connectivity index (χ1n) is 7.33. The van der Waals surface area contributed by atoms with Gasteiger partial charge in [-0.05, 0) is 62.9 Å². The van der Waals surface area contributed by atoms with Gasteiger partial charge >= 0.3 is 0 Å². The molecule has 2 fully saturated rings. The highest BCUT2D eigenvalue weighted by Gasteiger charge is 2.34. The zero-order chi connectivity index (χ0) is 13.4. The van der Waals surface area contributed by atoms with Crippen molar-refractivity contribution in [1.29, 1.82) is 0 Å². The summed E-state index contributed by atoms with van der Waals surface area (Å²) in [7, 11) is 2.21. The predicted molar refractivity (Wildman–Crippen MR) is 75.6 cm³/mol. The van der Waals surface area contributed by atoms with Gasteiger partial charge in [-0.25, -0.2) is 4.39 Å². The molecule has 1 aromatic rings. The number of aryl methyl sites for hydroxylation is 1. The molecule has 3 heteroatoms. The zero-order valence-corrected chi connectivity index (χ0v) is 11.8. The van der Waals surface area contributed by atoms with Gasteiger partial charge in [0, 0.05) is 24.7 Å². The molecule has 2 aliphatic rings. The first-order chi connectivity index (χ1) is 9.11. The van der Waals surface area contributed by atoms with E-state index >= 15 is 0 Å². The third-order valence-electron chi connectivity index (χ3n) is 4.80. The highest BCUT2D eigenvalue weighted by Crippen LogP contribution is 2.30. The molecule has 3 rings (SSSR count). The average molecular weight is 262 g/mol. The predicted octanol–water partition coefficient (Wildman–Crippen LogP) is 2.85. The quantitative estimate of drug-likeness (QED) is 0.901. The standard InChI is InChI=1S/C16H23FN2/c1-11-7-13(17)4-3-12(11)10-19(2)16-8-14-5-6-15(9-16)18-14/h3-4,7,14-16,18H,5-6,8-10H2,1-2H3. The Balaban J connectivity index is 1.66. The van der Waals surface area contributed by atoms with Crippen LogP contribution >= 0.6 is 0 Å². The number of hydrogen-bond donors (Lipinski definition) is 1. The van der Waals surface area contributed by atoms with Crippen LogP contribution in [-0.4, -0.2) is 30.1 Å². The molecule has 0 spiro atoms. The summed E-state index contributed by atoms with van der Waals surface area (Å²) in [6.45, 7) is 2.93. The molecular formula is C16H23FN2. The summed E-state index contributed by atoms with van der Waals surface area (Å²) < 4.78 is 13.1. The molecule has 1 N–H and O–H groups in total. The second-order valence-electron chi connectivity index (χ2n) is 6.25. The molecule has 0 amide bonds. The molecule has 0 aromatic heterocycles. The van der Waals surface area contributed by atoms with E-state index < -0.39 is 0 Å². The van der Waals surface area contributed by atoms with Gasteiger partial charge in [0.1, 0.15) is 5.82 Å². The Bertz CT molecular complexity index is 448. The highest BCUT2D eigenvalue weighted by atomic mass is 19.1. The minimum absolute atomic E-state index is 0.135. The molecule has 2 nitrogen and oxygen atoms in total. The number of rotatable bonds is 3. The second kappa shape index (κ2) is 5.22. The maximum absolute atomic E-state index is 13.1. The minimum Gasteiger partial charge on any atom is -0.311 e. The van der Waals surface area contributed by atoms with Crippen LogP contribution in [0.2, 0.25) is 0 Å². The Morgan fingerprint density at radius 2 is 1.95 bits per heavy atom. The van der Waals surface area contributed by atoms with E-state index in [9.17, 15) is 4.39 Å². The summed E-state index contributed by atoms with van der Waals surface area (Å²) in [4.78, 5) is 2.45. The van der Waals surface area contributed by atoms with Crippen molar-refractivity contribution in [2.24, 2.45) is 0 Å². The van der Waals surface area contributed by atoms with E-state index in [0.717, 1.165) is 24.2 Å². The van der Waals surface area contributed by atoms with E-state index in [1.165, 1.54) is 31.2 Å². The average Bonchev–Trinajstić information content (AvgIpc) is 2.71. The lowest BCUT2D eigenvalue weighted by Gasteiger charge is -2.35. The van der Waals surface area contributed by atoms with Gasteiger partial charge in [0.25, 0.3) is 0 Å². The fraction of sp³-hybridized carbons (Fsp3) is 0.625. The largest absolute Gasteiger partial charge is 0.311 e. The van der Waals surface area contributed by atoms with Gasteiger partial charge < -0.3 is 5.32 Å². The van der Waals surface area contributed by atoms with Crippen molar-refractivity contribution in [3.63, 3.8) is 0 Å². The molecule has 2 saturated heterocycles. The molecule has 0 aliphatic carbocycles. The summed E-state index contributed by atoms with van der Waals surface area (Å²) in [5, 5.41) is 3.68. The second-order valence-corrected chi connectivity index (χ2v) is 6.25. The van der Waals surface area contributed by atoms with Gasteiger partial charge in [-0.15, -0.1) is 0 Å². The lowest BCUT2D eigenvalue weighted by atomic mass is 9.97. The van der Waals surface area contributed by atoms with E-state index in [-0.39, 0.29) is 5.82 Å². The van der Waals surface area contributed by atoms with Crippen molar-refractivity contribution in [2.45, 2.75) is 57.3 Å². The number of benzene rings is 1. The van der Waals surface area contributed by atoms with Crippen LogP contribution in [-0.2, 0) is 6.54 Å². The molecule has 2 atom stereocenters. The Morgan fingerprint density at radius 3 is 2.58 bits per heavy atom. The molecule has 2 unspecified atom stereocenters. The van der Waals surface area contributed by atoms with Crippen molar-refractivity contribution in [3.8, 4) is 0 Å².